The summed E-state index contributed by atoms with van der Waals surface area (Å²) in [6.07, 6.45) is 4.86. The van der Waals surface area contributed by atoms with Crippen molar-refractivity contribution in [1.29, 1.82) is 0 Å². The largest absolute Gasteiger partial charge is 0.416 e. The van der Waals surface area contributed by atoms with Crippen LogP contribution in [0, 0.1) is 0 Å². The Labute approximate surface area is 216 Å². The maximum absolute atomic E-state index is 12.0. The second kappa shape index (κ2) is 11.4. The van der Waals surface area contributed by atoms with Crippen molar-refractivity contribution in [3.8, 4) is 11.3 Å². The molecule has 1 atom stereocenters. The predicted molar refractivity (Wildman–Crippen MR) is 146 cm³/mol. The number of pyridine rings is 1. The molecular weight excluding hydrogens is 481 g/mol. The Morgan fingerprint density at radius 3 is 2.51 bits per heavy atom. The van der Waals surface area contributed by atoms with Gasteiger partial charge in [-0.1, -0.05) is 36.4 Å². The summed E-state index contributed by atoms with van der Waals surface area (Å²) in [7, 11) is 1.93. The number of aliphatic imine (C=N–C) groups is 1. The van der Waals surface area contributed by atoms with Crippen molar-refractivity contribution in [2.24, 2.45) is 10.7 Å². The first-order valence-corrected chi connectivity index (χ1v) is 11.6. The molecule has 4 aromatic rings. The van der Waals surface area contributed by atoms with Crippen molar-refractivity contribution in [2.75, 3.05) is 12.5 Å². The van der Waals surface area contributed by atoms with E-state index in [1.807, 2.05) is 19.5 Å². The van der Waals surface area contributed by atoms with Gasteiger partial charge in [0.05, 0.1) is 23.1 Å². The van der Waals surface area contributed by atoms with E-state index >= 15 is 0 Å². The zero-order valence-electron chi connectivity index (χ0n) is 20.1. The molecule has 0 saturated heterocycles. The van der Waals surface area contributed by atoms with E-state index in [0.29, 0.717) is 6.54 Å². The summed E-state index contributed by atoms with van der Waals surface area (Å²) in [4.78, 5) is 9.09. The van der Waals surface area contributed by atoms with Gasteiger partial charge < -0.3 is 5.73 Å². The third-order valence-electron chi connectivity index (χ3n) is 5.94. The van der Waals surface area contributed by atoms with Crippen LogP contribution in [0.5, 0.6) is 0 Å². The number of aromatic nitrogens is 2. The van der Waals surface area contributed by atoms with Crippen LogP contribution < -0.4 is 16.5 Å². The number of hydrogen-bond donors (Lipinski definition) is 4. The van der Waals surface area contributed by atoms with Gasteiger partial charge in [0.15, 0.2) is 0 Å². The maximum atomic E-state index is 12.0. The van der Waals surface area contributed by atoms with Crippen LogP contribution in [0.15, 0.2) is 84.1 Å². The molecule has 3 heterocycles. The topological polar surface area (TPSA) is 100.0 Å². The number of dihydropyridines is 1. The molecule has 10 heteroatoms. The number of fused-ring (bicyclic) bond motifs is 1. The molecule has 2 aromatic carbocycles. The summed E-state index contributed by atoms with van der Waals surface area (Å²) >= 11 is 0. The minimum Gasteiger partial charge on any atom is -0.326 e. The molecule has 0 amide bonds. The van der Waals surface area contributed by atoms with E-state index in [1.165, 1.54) is 12.1 Å². The fourth-order valence-electron chi connectivity index (χ4n) is 3.86. The summed E-state index contributed by atoms with van der Waals surface area (Å²) in [6.45, 7) is 0.557. The lowest BCUT2D eigenvalue weighted by Crippen LogP contribution is -2.24. The number of imidazole rings is 1. The van der Waals surface area contributed by atoms with Crippen molar-refractivity contribution in [3.63, 3.8) is 0 Å². The summed E-state index contributed by atoms with van der Waals surface area (Å²) in [5.74, 6) is 0. The van der Waals surface area contributed by atoms with Crippen LogP contribution in [0.3, 0.4) is 0 Å². The Morgan fingerprint density at radius 1 is 1.11 bits per heavy atom. The van der Waals surface area contributed by atoms with Crippen LogP contribution in [0.4, 0.5) is 18.9 Å². The van der Waals surface area contributed by atoms with Crippen molar-refractivity contribution in [3.05, 3.63) is 95.8 Å². The molecule has 5 rings (SSSR count). The molecule has 0 aliphatic carbocycles. The van der Waals surface area contributed by atoms with Gasteiger partial charge in [0.1, 0.15) is 11.8 Å². The first-order chi connectivity index (χ1) is 17.8. The van der Waals surface area contributed by atoms with Crippen LogP contribution in [0.1, 0.15) is 27.4 Å². The summed E-state index contributed by atoms with van der Waals surface area (Å²) in [6, 6.07) is 16.8. The first kappa shape index (κ1) is 26.1. The van der Waals surface area contributed by atoms with Gasteiger partial charge in [-0.15, -0.1) is 0 Å². The monoisotopic (exact) mass is 514 g/mol. The standard InChI is InChI=1S/C20H21N5.C7H6F3NO.3H2/c1-22-19-7-6-17(12-23-19)16-8-9-25-18(13-24-20(25)10-16)15-4-2-14(11-21)3-5-15;8-7(9,10)5-2-1-3-6(4-5)11-12;;;/h2-6,8-10,12-13,19,22H,7,11,21H2,1H3;1-4,11-12H;3*1H. The Morgan fingerprint density at radius 2 is 1.89 bits per heavy atom. The van der Waals surface area contributed by atoms with Gasteiger partial charge >= 0.3 is 6.18 Å². The molecule has 7 nitrogen and oxygen atoms in total. The normalized spacial score (nSPS) is 15.2. The summed E-state index contributed by atoms with van der Waals surface area (Å²) in [5.41, 5.74) is 13.1. The van der Waals surface area contributed by atoms with Gasteiger partial charge in [-0.3, -0.25) is 25.4 Å². The molecule has 2 aromatic heterocycles. The average molecular weight is 515 g/mol. The van der Waals surface area contributed by atoms with Gasteiger partial charge in [-0.2, -0.15) is 13.2 Å². The fourth-order valence-corrected chi connectivity index (χ4v) is 3.86. The van der Waals surface area contributed by atoms with E-state index in [9.17, 15) is 13.2 Å². The van der Waals surface area contributed by atoms with Crippen molar-refractivity contribution >= 4 is 23.1 Å². The number of nitrogens with two attached hydrogens (primary N) is 1. The smallest absolute Gasteiger partial charge is 0.326 e. The minimum atomic E-state index is -4.37. The summed E-state index contributed by atoms with van der Waals surface area (Å²) < 4.78 is 38.1. The van der Waals surface area contributed by atoms with E-state index in [1.54, 1.807) is 5.48 Å². The number of nitrogens with one attached hydrogen (secondary N) is 2. The van der Waals surface area contributed by atoms with Crippen LogP contribution >= 0.6 is 0 Å². The van der Waals surface area contributed by atoms with Crippen LogP contribution in [-0.2, 0) is 12.7 Å². The minimum absolute atomic E-state index is 0. The molecule has 1 aliphatic heterocycles. The molecule has 37 heavy (non-hydrogen) atoms. The van der Waals surface area contributed by atoms with E-state index in [4.69, 9.17) is 10.9 Å². The Balaban J connectivity index is 0.000000459. The lowest BCUT2D eigenvalue weighted by Gasteiger charge is -2.15. The van der Waals surface area contributed by atoms with Crippen LogP contribution in [0.2, 0.25) is 0 Å². The predicted octanol–water partition coefficient (Wildman–Crippen LogP) is 6.11. The van der Waals surface area contributed by atoms with Gasteiger partial charge in [-0.25, -0.2) is 4.98 Å². The number of benzene rings is 2. The Bertz CT molecular complexity index is 1430. The molecule has 0 spiro atoms. The number of alkyl halides is 3. The number of nitrogens with zero attached hydrogens (tertiary/aromatic N) is 3. The van der Waals surface area contributed by atoms with Crippen LogP contribution in [-0.4, -0.2) is 34.0 Å². The maximum Gasteiger partial charge on any atom is 0.416 e. The SMILES string of the molecule is CNC1CC=C(c2ccn3c(-c4ccc(CN)cc4)cnc3c2)C=N1.ONc1cccc(C(F)(F)F)c1.[HH].[HH].[HH]. The lowest BCUT2D eigenvalue weighted by atomic mass is 10.0. The molecular formula is C27H33F3N6O. The molecule has 5 N–H and O–H groups in total. The quantitative estimate of drug-likeness (QED) is 0.241. The fraction of sp³-hybridized carbons (Fsp3) is 0.185. The number of anilines is 1. The molecule has 0 radical (unpaired) electrons. The molecule has 1 aliphatic rings. The van der Waals surface area contributed by atoms with Gasteiger partial charge in [0.2, 0.25) is 0 Å². The third kappa shape index (κ3) is 6.23. The first-order valence-electron chi connectivity index (χ1n) is 11.6. The highest BCUT2D eigenvalue weighted by molar-refractivity contribution is 6.10. The molecule has 0 bridgehead atoms. The molecule has 0 saturated carbocycles. The van der Waals surface area contributed by atoms with E-state index in [2.05, 4.69) is 68.4 Å². The molecule has 0 fully saturated rings. The van der Waals surface area contributed by atoms with Crippen molar-refractivity contribution < 1.29 is 22.7 Å². The number of allylic oxidation sites excluding steroid dienone is 1. The van der Waals surface area contributed by atoms with Gasteiger partial charge in [0.25, 0.3) is 0 Å². The number of hydrogen-bond acceptors (Lipinski definition) is 6. The van der Waals surface area contributed by atoms with Gasteiger partial charge in [0, 0.05) is 35.2 Å². The van der Waals surface area contributed by atoms with E-state index in [-0.39, 0.29) is 16.1 Å². The zero-order chi connectivity index (χ0) is 26.4. The highest BCUT2D eigenvalue weighted by Crippen LogP contribution is 2.30. The number of halogens is 3. The third-order valence-corrected chi connectivity index (χ3v) is 5.94. The van der Waals surface area contributed by atoms with E-state index in [0.717, 1.165) is 52.2 Å². The highest BCUT2D eigenvalue weighted by Gasteiger charge is 2.30. The number of rotatable bonds is 5. The molecule has 198 valence electrons. The van der Waals surface area contributed by atoms with Crippen molar-refractivity contribution in [2.45, 2.75) is 25.3 Å². The Hall–Kier alpha value is -3.99. The second-order valence-electron chi connectivity index (χ2n) is 8.36. The second-order valence-corrected chi connectivity index (χ2v) is 8.36. The zero-order valence-corrected chi connectivity index (χ0v) is 20.1. The summed E-state index contributed by atoms with van der Waals surface area (Å²) in [5, 5.41) is 11.5. The van der Waals surface area contributed by atoms with Gasteiger partial charge in [-0.05, 0) is 54.1 Å². The van der Waals surface area contributed by atoms with Crippen LogP contribution in [0.25, 0.3) is 22.5 Å². The van der Waals surface area contributed by atoms with E-state index < -0.39 is 11.7 Å². The Kier molecular flexibility index (Phi) is 8.02. The lowest BCUT2D eigenvalue weighted by molar-refractivity contribution is -0.137. The molecule has 1 unspecified atom stereocenters. The highest BCUT2D eigenvalue weighted by atomic mass is 19.4. The average Bonchev–Trinajstić information content (AvgIpc) is 3.36. The van der Waals surface area contributed by atoms with Crippen molar-refractivity contribution in [1.82, 2.24) is 14.7 Å².